The standard InChI is InChI=1S/C20H18N6OS/c1-2-27-18-10-8-16(9-11-18)19-23-24-20(28)26(19)22-13-15-12-21-25(14-15)17-6-4-3-5-7-17/h3-14H,2H2,1H3,(H,24,28)/b22-13-. The molecule has 0 fully saturated rings. The molecular formula is C20H18N6OS. The van der Waals surface area contributed by atoms with Crippen LogP contribution in [0.5, 0.6) is 5.75 Å². The summed E-state index contributed by atoms with van der Waals surface area (Å²) in [5.41, 5.74) is 2.72. The first kappa shape index (κ1) is 17.9. The Kier molecular flexibility index (Phi) is 5.11. The zero-order valence-electron chi connectivity index (χ0n) is 15.2. The van der Waals surface area contributed by atoms with Gasteiger partial charge in [-0.1, -0.05) is 18.2 Å². The number of benzene rings is 2. The number of aromatic nitrogens is 5. The van der Waals surface area contributed by atoms with Crippen molar-refractivity contribution >= 4 is 18.4 Å². The van der Waals surface area contributed by atoms with Crippen molar-refractivity contribution in [2.75, 3.05) is 6.61 Å². The van der Waals surface area contributed by atoms with Crippen LogP contribution in [0.1, 0.15) is 12.5 Å². The fraction of sp³-hybridized carbons (Fsp3) is 0.100. The molecule has 2 aromatic heterocycles. The van der Waals surface area contributed by atoms with Crippen LogP contribution in [0.3, 0.4) is 0 Å². The second kappa shape index (κ2) is 8.01. The van der Waals surface area contributed by atoms with Crippen molar-refractivity contribution in [1.82, 2.24) is 24.7 Å². The van der Waals surface area contributed by atoms with Crippen molar-refractivity contribution in [1.29, 1.82) is 0 Å². The van der Waals surface area contributed by atoms with Crippen molar-refractivity contribution < 1.29 is 4.74 Å². The Labute approximate surface area is 166 Å². The molecule has 0 aliphatic rings. The number of aromatic amines is 1. The first-order valence-electron chi connectivity index (χ1n) is 8.79. The van der Waals surface area contributed by atoms with Gasteiger partial charge in [-0.2, -0.15) is 20.0 Å². The maximum atomic E-state index is 5.48. The van der Waals surface area contributed by atoms with Gasteiger partial charge in [-0.05, 0) is 55.5 Å². The van der Waals surface area contributed by atoms with E-state index in [0.29, 0.717) is 17.2 Å². The molecule has 2 aromatic carbocycles. The van der Waals surface area contributed by atoms with Crippen LogP contribution in [0.2, 0.25) is 0 Å². The summed E-state index contributed by atoms with van der Waals surface area (Å²) in [6.07, 6.45) is 5.35. The molecule has 7 nitrogen and oxygen atoms in total. The van der Waals surface area contributed by atoms with E-state index in [2.05, 4.69) is 20.4 Å². The van der Waals surface area contributed by atoms with Gasteiger partial charge in [-0.3, -0.25) is 0 Å². The predicted octanol–water partition coefficient (Wildman–Crippen LogP) is 4.07. The smallest absolute Gasteiger partial charge is 0.216 e. The molecule has 0 amide bonds. The molecule has 0 saturated carbocycles. The van der Waals surface area contributed by atoms with Crippen LogP contribution in [0.25, 0.3) is 17.1 Å². The molecule has 1 N–H and O–H groups in total. The van der Waals surface area contributed by atoms with E-state index in [1.807, 2.05) is 67.7 Å². The van der Waals surface area contributed by atoms with Crippen molar-refractivity contribution in [2.24, 2.45) is 5.10 Å². The van der Waals surface area contributed by atoms with Gasteiger partial charge in [0.2, 0.25) is 4.77 Å². The highest BCUT2D eigenvalue weighted by atomic mass is 32.1. The number of para-hydroxylation sites is 1. The minimum Gasteiger partial charge on any atom is -0.494 e. The molecule has 8 heteroatoms. The normalized spacial score (nSPS) is 11.2. The van der Waals surface area contributed by atoms with Gasteiger partial charge in [0.15, 0.2) is 5.82 Å². The van der Waals surface area contributed by atoms with Crippen LogP contribution in [0.4, 0.5) is 0 Å². The van der Waals surface area contributed by atoms with Gasteiger partial charge < -0.3 is 4.74 Å². The lowest BCUT2D eigenvalue weighted by Gasteiger charge is -2.04. The van der Waals surface area contributed by atoms with Crippen LogP contribution in [0, 0.1) is 4.77 Å². The van der Waals surface area contributed by atoms with E-state index < -0.39 is 0 Å². The topological polar surface area (TPSA) is 73.0 Å². The SMILES string of the molecule is CCOc1ccc(-c2n[nH]c(=S)n2/N=C\c2cnn(-c3ccccc3)c2)cc1. The van der Waals surface area contributed by atoms with Crippen molar-refractivity contribution in [3.05, 3.63) is 77.3 Å². The van der Waals surface area contributed by atoms with E-state index >= 15 is 0 Å². The zero-order chi connectivity index (χ0) is 19.3. The maximum Gasteiger partial charge on any atom is 0.216 e. The Balaban J connectivity index is 1.60. The summed E-state index contributed by atoms with van der Waals surface area (Å²) in [5, 5.41) is 15.9. The van der Waals surface area contributed by atoms with Gasteiger partial charge in [0, 0.05) is 17.3 Å². The molecule has 0 bridgehead atoms. The lowest BCUT2D eigenvalue weighted by atomic mass is 10.2. The molecule has 0 spiro atoms. The highest BCUT2D eigenvalue weighted by molar-refractivity contribution is 7.71. The third-order valence-electron chi connectivity index (χ3n) is 4.02. The van der Waals surface area contributed by atoms with Crippen LogP contribution < -0.4 is 4.74 Å². The molecule has 0 saturated heterocycles. The Bertz CT molecular complexity index is 1140. The van der Waals surface area contributed by atoms with Gasteiger partial charge in [0.25, 0.3) is 0 Å². The molecule has 4 aromatic rings. The number of H-pyrrole nitrogens is 1. The largest absolute Gasteiger partial charge is 0.494 e. The Morgan fingerprint density at radius 3 is 2.68 bits per heavy atom. The molecule has 0 radical (unpaired) electrons. The highest BCUT2D eigenvalue weighted by Gasteiger charge is 2.08. The molecule has 0 unspecified atom stereocenters. The predicted molar refractivity (Wildman–Crippen MR) is 111 cm³/mol. The highest BCUT2D eigenvalue weighted by Crippen LogP contribution is 2.21. The summed E-state index contributed by atoms with van der Waals surface area (Å²) in [6.45, 7) is 2.58. The monoisotopic (exact) mass is 390 g/mol. The summed E-state index contributed by atoms with van der Waals surface area (Å²) in [6, 6.07) is 17.5. The Morgan fingerprint density at radius 2 is 1.93 bits per heavy atom. The summed E-state index contributed by atoms with van der Waals surface area (Å²) < 4.78 is 9.28. The minimum atomic E-state index is 0.413. The van der Waals surface area contributed by atoms with E-state index in [1.165, 1.54) is 0 Å². The van der Waals surface area contributed by atoms with Crippen molar-refractivity contribution in [3.63, 3.8) is 0 Å². The minimum absolute atomic E-state index is 0.413. The van der Waals surface area contributed by atoms with E-state index in [0.717, 1.165) is 22.6 Å². The molecule has 28 heavy (non-hydrogen) atoms. The second-order valence-corrected chi connectivity index (χ2v) is 6.31. The number of hydrogen-bond acceptors (Lipinski definition) is 5. The van der Waals surface area contributed by atoms with Gasteiger partial charge in [-0.15, -0.1) is 0 Å². The third-order valence-corrected chi connectivity index (χ3v) is 4.28. The molecule has 0 atom stereocenters. The number of ether oxygens (including phenoxy) is 1. The quantitative estimate of drug-likeness (QED) is 0.398. The van der Waals surface area contributed by atoms with E-state index in [4.69, 9.17) is 17.0 Å². The molecule has 2 heterocycles. The fourth-order valence-corrected chi connectivity index (χ4v) is 2.88. The second-order valence-electron chi connectivity index (χ2n) is 5.92. The Hall–Kier alpha value is -3.52. The van der Waals surface area contributed by atoms with E-state index in [-0.39, 0.29) is 0 Å². The molecular weight excluding hydrogens is 372 g/mol. The van der Waals surface area contributed by atoms with E-state index in [1.54, 1.807) is 21.8 Å². The van der Waals surface area contributed by atoms with Crippen LogP contribution >= 0.6 is 12.2 Å². The summed E-state index contributed by atoms with van der Waals surface area (Å²) >= 11 is 5.32. The Morgan fingerprint density at radius 1 is 1.14 bits per heavy atom. The van der Waals surface area contributed by atoms with Crippen molar-refractivity contribution in [3.8, 4) is 22.8 Å². The molecule has 4 rings (SSSR count). The average Bonchev–Trinajstić information content (AvgIpc) is 3.35. The first-order valence-corrected chi connectivity index (χ1v) is 9.20. The summed E-state index contributed by atoms with van der Waals surface area (Å²) in [5.74, 6) is 1.43. The average molecular weight is 390 g/mol. The summed E-state index contributed by atoms with van der Waals surface area (Å²) in [7, 11) is 0. The lowest BCUT2D eigenvalue weighted by molar-refractivity contribution is 0.340. The van der Waals surface area contributed by atoms with Gasteiger partial charge in [0.05, 0.1) is 24.7 Å². The zero-order valence-corrected chi connectivity index (χ0v) is 16.0. The molecule has 140 valence electrons. The van der Waals surface area contributed by atoms with Crippen LogP contribution in [0.15, 0.2) is 72.1 Å². The van der Waals surface area contributed by atoms with Crippen molar-refractivity contribution in [2.45, 2.75) is 6.92 Å². The lowest BCUT2D eigenvalue weighted by Crippen LogP contribution is -1.96. The number of nitrogens with zero attached hydrogens (tertiary/aromatic N) is 5. The van der Waals surface area contributed by atoms with Crippen LogP contribution in [-0.2, 0) is 0 Å². The van der Waals surface area contributed by atoms with Crippen LogP contribution in [-0.4, -0.2) is 37.5 Å². The summed E-state index contributed by atoms with van der Waals surface area (Å²) in [4.78, 5) is 0. The van der Waals surface area contributed by atoms with E-state index in [9.17, 15) is 0 Å². The van der Waals surface area contributed by atoms with Gasteiger partial charge in [-0.25, -0.2) is 9.78 Å². The third kappa shape index (κ3) is 3.77. The number of rotatable bonds is 6. The van der Waals surface area contributed by atoms with Gasteiger partial charge >= 0.3 is 0 Å². The fourth-order valence-electron chi connectivity index (χ4n) is 2.70. The maximum absolute atomic E-state index is 5.48. The van der Waals surface area contributed by atoms with Gasteiger partial charge in [0.1, 0.15) is 5.75 Å². The first-order chi connectivity index (χ1) is 13.7. The molecule has 0 aliphatic carbocycles. The molecule has 0 aliphatic heterocycles. The number of nitrogens with one attached hydrogen (secondary N) is 1. The number of hydrogen-bond donors (Lipinski definition) is 1.